The van der Waals surface area contributed by atoms with Crippen molar-refractivity contribution in [2.24, 2.45) is 0 Å². The minimum atomic E-state index is -4.35. The van der Waals surface area contributed by atoms with E-state index in [1.807, 2.05) is 4.72 Å². The van der Waals surface area contributed by atoms with Gasteiger partial charge in [0, 0.05) is 6.07 Å². The average Bonchev–Trinajstić information content (AvgIpc) is 2.37. The Morgan fingerprint density at radius 1 is 1.19 bits per heavy atom. The standard InChI is InChI=1S/C12H8F2N2O4S/c13-7-4-5-10(8(14)6-7)21(19,20)16-11-3-1-2-9(15-11)12(17)18/h1-6H,(H,15,16)(H,17,18). The molecule has 2 aromatic rings. The summed E-state index contributed by atoms with van der Waals surface area (Å²) < 4.78 is 52.1. The van der Waals surface area contributed by atoms with E-state index in [0.29, 0.717) is 6.07 Å². The fraction of sp³-hybridized carbons (Fsp3) is 0. The van der Waals surface area contributed by atoms with Gasteiger partial charge in [-0.25, -0.2) is 27.0 Å². The van der Waals surface area contributed by atoms with E-state index in [9.17, 15) is 22.0 Å². The molecular weight excluding hydrogens is 306 g/mol. The number of anilines is 1. The van der Waals surface area contributed by atoms with Crippen LogP contribution >= 0.6 is 0 Å². The molecule has 0 radical (unpaired) electrons. The maximum absolute atomic E-state index is 13.5. The van der Waals surface area contributed by atoms with Crippen molar-refractivity contribution in [2.75, 3.05) is 4.72 Å². The summed E-state index contributed by atoms with van der Waals surface area (Å²) in [5.41, 5.74) is -0.380. The van der Waals surface area contributed by atoms with Crippen LogP contribution in [0.15, 0.2) is 41.3 Å². The average molecular weight is 314 g/mol. The fourth-order valence-electron chi connectivity index (χ4n) is 1.50. The molecule has 0 atom stereocenters. The normalized spacial score (nSPS) is 11.1. The van der Waals surface area contributed by atoms with Gasteiger partial charge in [-0.3, -0.25) is 4.72 Å². The molecule has 2 N–H and O–H groups in total. The number of aromatic nitrogens is 1. The van der Waals surface area contributed by atoms with Crippen molar-refractivity contribution in [3.05, 3.63) is 53.7 Å². The van der Waals surface area contributed by atoms with Gasteiger partial charge in [-0.05, 0) is 24.3 Å². The first kappa shape index (κ1) is 14.9. The van der Waals surface area contributed by atoms with Crippen molar-refractivity contribution in [2.45, 2.75) is 4.90 Å². The van der Waals surface area contributed by atoms with Crippen LogP contribution in [-0.4, -0.2) is 24.5 Å². The zero-order valence-corrected chi connectivity index (χ0v) is 11.1. The Morgan fingerprint density at radius 3 is 2.52 bits per heavy atom. The summed E-state index contributed by atoms with van der Waals surface area (Å²) in [6, 6.07) is 5.61. The highest BCUT2D eigenvalue weighted by Crippen LogP contribution is 2.18. The summed E-state index contributed by atoms with van der Waals surface area (Å²) in [4.78, 5) is 13.5. The Labute approximate surface area is 118 Å². The summed E-state index contributed by atoms with van der Waals surface area (Å²) in [5, 5.41) is 8.76. The predicted molar refractivity (Wildman–Crippen MR) is 68.4 cm³/mol. The largest absolute Gasteiger partial charge is 0.477 e. The zero-order valence-electron chi connectivity index (χ0n) is 10.2. The second kappa shape index (κ2) is 5.44. The number of hydrogen-bond donors (Lipinski definition) is 2. The number of nitrogens with one attached hydrogen (secondary N) is 1. The molecule has 0 aliphatic carbocycles. The molecular formula is C12H8F2N2O4S. The van der Waals surface area contributed by atoms with E-state index < -0.39 is 32.5 Å². The zero-order chi connectivity index (χ0) is 15.6. The Morgan fingerprint density at radius 2 is 1.90 bits per heavy atom. The molecule has 2 rings (SSSR count). The van der Waals surface area contributed by atoms with Gasteiger partial charge in [0.25, 0.3) is 10.0 Å². The van der Waals surface area contributed by atoms with Crippen LogP contribution in [0.1, 0.15) is 10.5 Å². The van der Waals surface area contributed by atoms with E-state index in [4.69, 9.17) is 5.11 Å². The molecule has 0 bridgehead atoms. The lowest BCUT2D eigenvalue weighted by Crippen LogP contribution is -2.16. The third-order valence-electron chi connectivity index (χ3n) is 2.39. The lowest BCUT2D eigenvalue weighted by atomic mass is 10.3. The monoisotopic (exact) mass is 314 g/mol. The second-order valence-electron chi connectivity index (χ2n) is 3.89. The minimum absolute atomic E-state index is 0.293. The van der Waals surface area contributed by atoms with Gasteiger partial charge in [0.1, 0.15) is 22.3 Å². The van der Waals surface area contributed by atoms with Crippen LogP contribution in [-0.2, 0) is 10.0 Å². The maximum Gasteiger partial charge on any atom is 0.354 e. The van der Waals surface area contributed by atoms with E-state index in [1.54, 1.807) is 0 Å². The lowest BCUT2D eigenvalue weighted by Gasteiger charge is -2.08. The van der Waals surface area contributed by atoms with E-state index >= 15 is 0 Å². The third-order valence-corrected chi connectivity index (χ3v) is 3.78. The second-order valence-corrected chi connectivity index (χ2v) is 5.54. The number of benzene rings is 1. The van der Waals surface area contributed by atoms with Crippen molar-refractivity contribution in [1.82, 2.24) is 4.98 Å². The molecule has 0 saturated heterocycles. The molecule has 0 amide bonds. The number of carboxylic acids is 1. The summed E-state index contributed by atoms with van der Waals surface area (Å²) in [6.07, 6.45) is 0. The van der Waals surface area contributed by atoms with Crippen LogP contribution in [0.25, 0.3) is 0 Å². The highest BCUT2D eigenvalue weighted by atomic mass is 32.2. The Balaban J connectivity index is 2.37. The van der Waals surface area contributed by atoms with Crippen LogP contribution in [0.5, 0.6) is 0 Å². The van der Waals surface area contributed by atoms with Gasteiger partial charge < -0.3 is 5.11 Å². The summed E-state index contributed by atoms with van der Waals surface area (Å²) in [6.45, 7) is 0. The first-order valence-corrected chi connectivity index (χ1v) is 6.96. The van der Waals surface area contributed by atoms with E-state index in [0.717, 1.165) is 12.1 Å². The number of rotatable bonds is 4. The number of carboxylic acid groups (broad SMARTS) is 1. The van der Waals surface area contributed by atoms with Crippen LogP contribution in [0.2, 0.25) is 0 Å². The highest BCUT2D eigenvalue weighted by molar-refractivity contribution is 7.92. The van der Waals surface area contributed by atoms with Crippen molar-refractivity contribution < 1.29 is 27.1 Å². The van der Waals surface area contributed by atoms with Crippen molar-refractivity contribution in [1.29, 1.82) is 0 Å². The smallest absolute Gasteiger partial charge is 0.354 e. The SMILES string of the molecule is O=C(O)c1cccc(NS(=O)(=O)c2ccc(F)cc2F)n1. The van der Waals surface area contributed by atoms with Gasteiger partial charge in [-0.2, -0.15) is 0 Å². The number of hydrogen-bond acceptors (Lipinski definition) is 4. The predicted octanol–water partition coefficient (Wildman–Crippen LogP) is 1.86. The Kier molecular flexibility index (Phi) is 3.85. The quantitative estimate of drug-likeness (QED) is 0.898. The first-order chi connectivity index (χ1) is 9.79. The summed E-state index contributed by atoms with van der Waals surface area (Å²) >= 11 is 0. The van der Waals surface area contributed by atoms with Gasteiger partial charge in [-0.1, -0.05) is 6.07 Å². The summed E-state index contributed by atoms with van der Waals surface area (Å²) in [5.74, 6) is -3.82. The fourth-order valence-corrected chi connectivity index (χ4v) is 2.56. The highest BCUT2D eigenvalue weighted by Gasteiger charge is 2.20. The van der Waals surface area contributed by atoms with Crippen LogP contribution in [0.4, 0.5) is 14.6 Å². The number of nitrogens with zero attached hydrogens (tertiary/aromatic N) is 1. The van der Waals surface area contributed by atoms with E-state index in [1.165, 1.54) is 18.2 Å². The molecule has 9 heteroatoms. The van der Waals surface area contributed by atoms with Gasteiger partial charge in [-0.15, -0.1) is 0 Å². The molecule has 6 nitrogen and oxygen atoms in total. The van der Waals surface area contributed by atoms with Crippen LogP contribution in [0.3, 0.4) is 0 Å². The van der Waals surface area contributed by atoms with Crippen LogP contribution < -0.4 is 4.72 Å². The number of aromatic carboxylic acids is 1. The molecule has 0 unspecified atom stereocenters. The number of halogens is 2. The Hall–Kier alpha value is -2.55. The molecule has 1 aromatic heterocycles. The Bertz CT molecular complexity index is 809. The molecule has 1 heterocycles. The lowest BCUT2D eigenvalue weighted by molar-refractivity contribution is 0.0690. The first-order valence-electron chi connectivity index (χ1n) is 5.48. The van der Waals surface area contributed by atoms with Gasteiger partial charge >= 0.3 is 5.97 Å². The molecule has 1 aromatic carbocycles. The molecule has 0 fully saturated rings. The van der Waals surface area contributed by atoms with Crippen molar-refractivity contribution in [3.8, 4) is 0 Å². The topological polar surface area (TPSA) is 96.4 Å². The van der Waals surface area contributed by atoms with Crippen molar-refractivity contribution in [3.63, 3.8) is 0 Å². The number of pyridine rings is 1. The maximum atomic E-state index is 13.5. The van der Waals surface area contributed by atoms with E-state index in [2.05, 4.69) is 4.98 Å². The number of carbonyl (C=O) groups is 1. The van der Waals surface area contributed by atoms with Crippen LogP contribution in [0, 0.1) is 11.6 Å². The van der Waals surface area contributed by atoms with E-state index in [-0.39, 0.29) is 11.5 Å². The minimum Gasteiger partial charge on any atom is -0.477 e. The molecule has 0 aliphatic rings. The van der Waals surface area contributed by atoms with Gasteiger partial charge in [0.15, 0.2) is 5.69 Å². The molecule has 21 heavy (non-hydrogen) atoms. The van der Waals surface area contributed by atoms with Crippen molar-refractivity contribution >= 4 is 21.8 Å². The third kappa shape index (κ3) is 3.31. The molecule has 0 saturated carbocycles. The molecule has 0 spiro atoms. The number of sulfonamides is 1. The summed E-state index contributed by atoms with van der Waals surface area (Å²) in [7, 11) is -4.35. The molecule has 0 aliphatic heterocycles. The molecule has 110 valence electrons. The van der Waals surface area contributed by atoms with Gasteiger partial charge in [0.2, 0.25) is 0 Å². The van der Waals surface area contributed by atoms with Gasteiger partial charge in [0.05, 0.1) is 0 Å².